The third kappa shape index (κ3) is 10.7. The van der Waals surface area contributed by atoms with Gasteiger partial charge in [0.15, 0.2) is 6.29 Å². The summed E-state index contributed by atoms with van der Waals surface area (Å²) < 4.78 is 33.5. The molecule has 5 aliphatic rings. The van der Waals surface area contributed by atoms with Crippen LogP contribution in [0.25, 0.3) is 0 Å². The topological polar surface area (TPSA) is 92.3 Å². The molecule has 1 saturated heterocycles. The average Bonchev–Trinajstić information content (AvgIpc) is 3.60. The fourth-order valence-corrected chi connectivity index (χ4v) is 13.4. The summed E-state index contributed by atoms with van der Waals surface area (Å²) in [5.74, 6) is 5.01. The number of nitrogens with one attached hydrogen (secondary N) is 1. The van der Waals surface area contributed by atoms with Crippen molar-refractivity contribution in [3.05, 3.63) is 71.8 Å². The van der Waals surface area contributed by atoms with E-state index in [0.717, 1.165) is 65.9 Å². The molecule has 4 saturated carbocycles. The van der Waals surface area contributed by atoms with E-state index in [1.54, 1.807) is 0 Å². The molecule has 0 radical (unpaired) electrons. The van der Waals surface area contributed by atoms with Crippen LogP contribution in [0.1, 0.15) is 150 Å². The van der Waals surface area contributed by atoms with Crippen molar-refractivity contribution in [3.63, 3.8) is 0 Å². The first-order valence-corrected chi connectivity index (χ1v) is 24.6. The van der Waals surface area contributed by atoms with E-state index in [0.29, 0.717) is 30.0 Å². The first-order valence-electron chi connectivity index (χ1n) is 24.6. The molecule has 1 N–H and O–H groups in total. The molecule has 1 amide bonds. The van der Waals surface area contributed by atoms with Crippen LogP contribution in [-0.4, -0.2) is 55.2 Å². The third-order valence-electron chi connectivity index (χ3n) is 16.7. The number of esters is 1. The average molecular weight is 856 g/mol. The van der Waals surface area contributed by atoms with Gasteiger partial charge >= 0.3 is 5.97 Å². The lowest BCUT2D eigenvalue weighted by Gasteiger charge is -2.61. The second kappa shape index (κ2) is 20.2. The number of rotatable bonds is 16. The number of hydrogen-bond acceptors (Lipinski definition) is 7. The summed E-state index contributed by atoms with van der Waals surface area (Å²) in [5, 5.41) is 3.20. The first kappa shape index (κ1) is 47.2. The fourth-order valence-electron chi connectivity index (χ4n) is 13.4. The predicted molar refractivity (Wildman–Crippen MR) is 245 cm³/mol. The quantitative estimate of drug-likeness (QED) is 0.133. The van der Waals surface area contributed by atoms with Crippen molar-refractivity contribution in [1.29, 1.82) is 0 Å². The van der Waals surface area contributed by atoms with Crippen molar-refractivity contribution in [3.8, 4) is 0 Å². The molecule has 0 bridgehead atoms. The van der Waals surface area contributed by atoms with E-state index in [4.69, 9.17) is 23.7 Å². The number of ether oxygens (including phenoxy) is 5. The van der Waals surface area contributed by atoms with Crippen LogP contribution in [0.4, 0.5) is 0 Å². The minimum Gasteiger partial charge on any atom is -0.462 e. The molecule has 8 heteroatoms. The van der Waals surface area contributed by atoms with Crippen LogP contribution in [0.3, 0.4) is 0 Å². The molecule has 0 spiro atoms. The monoisotopic (exact) mass is 856 g/mol. The molecule has 4 aliphatic carbocycles. The zero-order chi connectivity index (χ0) is 44.2. The molecule has 344 valence electrons. The Labute approximate surface area is 374 Å². The standard InChI is InChI=1S/C54H81NO7/c1-35(2)17-16-18-36(3)43-25-26-44-42-24-23-40-31-41(27-29-53(40,8)45(42)28-30-54(43,44)9)61-50-47(55-37(4)56)49(59-33-39-21-14-11-15-22-39)48(58-32-38-19-12-10-13-20-38)46(62-50)34-60-51(57)52(5,6)7/h10-15,19-22,35-36,40-50H,16-18,23-34H2,1-9H3,(H,55,56)/t36-,40?,41+,42+,43-,44+,45+,46-,47-,48-,49-,50-,53+,54-/m1/s1. The minimum atomic E-state index is -0.825. The van der Waals surface area contributed by atoms with Gasteiger partial charge in [-0.15, -0.1) is 0 Å². The van der Waals surface area contributed by atoms with Crippen LogP contribution >= 0.6 is 0 Å². The molecule has 62 heavy (non-hydrogen) atoms. The second-order valence-electron chi connectivity index (χ2n) is 22.4. The van der Waals surface area contributed by atoms with Gasteiger partial charge in [0.25, 0.3) is 0 Å². The van der Waals surface area contributed by atoms with Gasteiger partial charge in [-0.25, -0.2) is 0 Å². The van der Waals surface area contributed by atoms with Gasteiger partial charge in [-0.3, -0.25) is 9.59 Å². The van der Waals surface area contributed by atoms with Crippen LogP contribution in [0.5, 0.6) is 0 Å². The highest BCUT2D eigenvalue weighted by molar-refractivity contribution is 5.75. The van der Waals surface area contributed by atoms with Gasteiger partial charge in [-0.05, 0) is 142 Å². The maximum absolute atomic E-state index is 13.2. The van der Waals surface area contributed by atoms with Crippen LogP contribution in [0.2, 0.25) is 0 Å². The molecule has 14 atom stereocenters. The molecule has 2 aromatic rings. The van der Waals surface area contributed by atoms with Crippen molar-refractivity contribution in [2.45, 2.75) is 189 Å². The Morgan fingerprint density at radius 1 is 0.790 bits per heavy atom. The number of fused-ring (bicyclic) bond motifs is 5. The Hall–Kier alpha value is -2.78. The van der Waals surface area contributed by atoms with Crippen molar-refractivity contribution in [2.24, 2.45) is 57.7 Å². The van der Waals surface area contributed by atoms with Crippen molar-refractivity contribution in [1.82, 2.24) is 5.32 Å². The molecule has 8 nitrogen and oxygen atoms in total. The van der Waals surface area contributed by atoms with Crippen molar-refractivity contribution < 1.29 is 33.3 Å². The number of carbonyl (C=O) groups is 2. The Kier molecular flexibility index (Phi) is 15.4. The molecule has 7 rings (SSSR count). The molecule has 2 aromatic carbocycles. The van der Waals surface area contributed by atoms with Crippen LogP contribution in [0.15, 0.2) is 60.7 Å². The van der Waals surface area contributed by atoms with E-state index < -0.39 is 36.1 Å². The number of amides is 1. The lowest BCUT2D eigenvalue weighted by Crippen LogP contribution is -2.66. The molecular weight excluding hydrogens is 775 g/mol. The van der Waals surface area contributed by atoms with Crippen LogP contribution in [0, 0.1) is 57.7 Å². The summed E-state index contributed by atoms with van der Waals surface area (Å²) in [4.78, 5) is 26.3. The zero-order valence-corrected chi connectivity index (χ0v) is 39.7. The van der Waals surface area contributed by atoms with Gasteiger partial charge in [0, 0.05) is 6.92 Å². The first-order chi connectivity index (χ1) is 29.6. The summed E-state index contributed by atoms with van der Waals surface area (Å²) in [6.07, 6.45) is 12.5. The predicted octanol–water partition coefficient (Wildman–Crippen LogP) is 11.5. The van der Waals surface area contributed by atoms with E-state index in [1.165, 1.54) is 64.7 Å². The zero-order valence-electron chi connectivity index (χ0n) is 39.7. The Balaban J connectivity index is 1.09. The molecule has 1 heterocycles. The third-order valence-corrected chi connectivity index (χ3v) is 16.7. The maximum Gasteiger partial charge on any atom is 0.311 e. The molecule has 1 aliphatic heterocycles. The Bertz CT molecular complexity index is 1750. The lowest BCUT2D eigenvalue weighted by molar-refractivity contribution is -0.303. The summed E-state index contributed by atoms with van der Waals surface area (Å²) in [6.45, 7) is 20.3. The van der Waals surface area contributed by atoms with E-state index >= 15 is 0 Å². The number of benzene rings is 2. The molecular formula is C54H81NO7. The Morgan fingerprint density at radius 2 is 1.42 bits per heavy atom. The number of carbonyl (C=O) groups excluding carboxylic acids is 2. The smallest absolute Gasteiger partial charge is 0.311 e. The fraction of sp³-hybridized carbons (Fsp3) is 0.741. The maximum atomic E-state index is 13.2. The summed E-state index contributed by atoms with van der Waals surface area (Å²) >= 11 is 0. The highest BCUT2D eigenvalue weighted by atomic mass is 16.7. The Morgan fingerprint density at radius 3 is 2.05 bits per heavy atom. The van der Waals surface area contributed by atoms with Crippen molar-refractivity contribution >= 4 is 11.9 Å². The van der Waals surface area contributed by atoms with E-state index in [1.807, 2.05) is 81.4 Å². The van der Waals surface area contributed by atoms with E-state index in [-0.39, 0.29) is 24.6 Å². The highest BCUT2D eigenvalue weighted by Gasteiger charge is 2.61. The second-order valence-corrected chi connectivity index (χ2v) is 22.4. The summed E-state index contributed by atoms with van der Waals surface area (Å²) in [6, 6.07) is 19.4. The van der Waals surface area contributed by atoms with Gasteiger partial charge in [0.1, 0.15) is 31.0 Å². The SMILES string of the molecule is CC(=O)N[C@H]1[C@H](O[C@H]2CC[C@@]3(C)C(CC[C@H]4[C@@H]5CC[C@H]([C@H](C)CCCC(C)C)[C@@]5(C)CC[C@@H]43)C2)O[C@H](COC(=O)C(C)(C)C)[C@@H](OCc2ccccc2)[C@@H]1OCc1ccccc1. The minimum absolute atomic E-state index is 0.0283. The summed E-state index contributed by atoms with van der Waals surface area (Å²) in [7, 11) is 0. The van der Waals surface area contributed by atoms with E-state index in [9.17, 15) is 9.59 Å². The number of hydrogen-bond donors (Lipinski definition) is 1. The van der Waals surface area contributed by atoms with Gasteiger partial charge in [-0.1, -0.05) is 115 Å². The largest absolute Gasteiger partial charge is 0.462 e. The van der Waals surface area contributed by atoms with Crippen LogP contribution < -0.4 is 5.32 Å². The van der Waals surface area contributed by atoms with Gasteiger partial charge in [0.2, 0.25) is 5.91 Å². The summed E-state index contributed by atoms with van der Waals surface area (Å²) in [5.41, 5.74) is 2.10. The highest BCUT2D eigenvalue weighted by Crippen LogP contribution is 2.68. The van der Waals surface area contributed by atoms with Gasteiger partial charge in [0.05, 0.1) is 24.7 Å². The normalized spacial score (nSPS) is 36.3. The molecule has 0 aromatic heterocycles. The van der Waals surface area contributed by atoms with Gasteiger partial charge in [-0.2, -0.15) is 0 Å². The van der Waals surface area contributed by atoms with E-state index in [2.05, 4.69) is 39.9 Å². The van der Waals surface area contributed by atoms with Crippen molar-refractivity contribution in [2.75, 3.05) is 6.61 Å². The molecule has 1 unspecified atom stereocenters. The lowest BCUT2D eigenvalue weighted by atomic mass is 9.44. The van der Waals surface area contributed by atoms with Crippen LogP contribution in [-0.2, 0) is 46.5 Å². The molecule has 5 fully saturated rings. The van der Waals surface area contributed by atoms with Gasteiger partial charge < -0.3 is 29.0 Å².